The molecule has 8 heteroatoms. The van der Waals surface area contributed by atoms with Crippen LogP contribution in [-0.4, -0.2) is 63.1 Å². The Bertz CT molecular complexity index is 573. The van der Waals surface area contributed by atoms with Crippen molar-refractivity contribution in [3.05, 3.63) is 0 Å². The average molecular weight is 397 g/mol. The van der Waals surface area contributed by atoms with Crippen LogP contribution in [0.5, 0.6) is 0 Å². The van der Waals surface area contributed by atoms with E-state index in [1.54, 1.807) is 0 Å². The van der Waals surface area contributed by atoms with Crippen molar-refractivity contribution in [2.45, 2.75) is 60.8 Å². The van der Waals surface area contributed by atoms with Crippen molar-refractivity contribution in [2.24, 2.45) is 10.8 Å². The second-order valence-corrected chi connectivity index (χ2v) is 13.6. The predicted molar refractivity (Wildman–Crippen MR) is 103 cm³/mol. The number of nitrogens with zero attached hydrogens (tertiary/aromatic N) is 2. The zero-order chi connectivity index (χ0) is 19.5. The molecule has 0 N–H and O–H groups in total. The summed E-state index contributed by atoms with van der Waals surface area (Å²) in [5, 5.41) is 0. The number of rotatable bonds is 6. The Morgan fingerprint density at radius 1 is 0.640 bits per heavy atom. The van der Waals surface area contributed by atoms with E-state index in [0.717, 1.165) is 0 Å². The van der Waals surface area contributed by atoms with Crippen LogP contribution in [0.25, 0.3) is 0 Å². The molecule has 1 aliphatic heterocycles. The van der Waals surface area contributed by atoms with E-state index < -0.39 is 20.0 Å². The Hall–Kier alpha value is -0.180. The van der Waals surface area contributed by atoms with Crippen LogP contribution < -0.4 is 0 Å². The smallest absolute Gasteiger partial charge is 0.212 e. The molecule has 1 aliphatic rings. The third kappa shape index (κ3) is 8.37. The maximum atomic E-state index is 12.6. The molecule has 0 amide bonds. The van der Waals surface area contributed by atoms with Crippen molar-refractivity contribution < 1.29 is 16.8 Å². The summed E-state index contributed by atoms with van der Waals surface area (Å²) in [5.41, 5.74) is -0.0809. The van der Waals surface area contributed by atoms with Gasteiger partial charge < -0.3 is 0 Å². The maximum Gasteiger partial charge on any atom is 0.214 e. The van der Waals surface area contributed by atoms with Crippen molar-refractivity contribution in [2.75, 3.05) is 37.7 Å². The Kier molecular flexibility index (Phi) is 7.53. The van der Waals surface area contributed by atoms with Gasteiger partial charge in [-0.05, 0) is 30.1 Å². The molecule has 0 bridgehead atoms. The monoisotopic (exact) mass is 396 g/mol. The van der Waals surface area contributed by atoms with Crippen LogP contribution in [0.3, 0.4) is 0 Å². The van der Waals surface area contributed by atoms with Gasteiger partial charge in [0.2, 0.25) is 20.0 Å². The van der Waals surface area contributed by atoms with Crippen LogP contribution in [-0.2, 0) is 20.0 Å². The maximum absolute atomic E-state index is 12.6. The standard InChI is InChI=1S/C17H36N2O4S2/c1-16(2,3)8-14-24(20,21)18-10-7-11-19(13-12-18)25(22,23)15-9-17(4,5)6/h7-15H2,1-6H3. The van der Waals surface area contributed by atoms with Crippen LogP contribution in [0.4, 0.5) is 0 Å². The number of sulfonamides is 2. The molecular weight excluding hydrogens is 360 g/mol. The highest BCUT2D eigenvalue weighted by Crippen LogP contribution is 2.23. The minimum absolute atomic E-state index is 0.0404. The van der Waals surface area contributed by atoms with E-state index in [-0.39, 0.29) is 35.4 Å². The summed E-state index contributed by atoms with van der Waals surface area (Å²) in [6.45, 7) is 13.4. The largest absolute Gasteiger partial charge is 0.214 e. The van der Waals surface area contributed by atoms with Crippen molar-refractivity contribution in [3.63, 3.8) is 0 Å². The average Bonchev–Trinajstić information content (AvgIpc) is 2.69. The zero-order valence-electron chi connectivity index (χ0n) is 16.7. The van der Waals surface area contributed by atoms with Gasteiger partial charge in [0.15, 0.2) is 0 Å². The summed E-state index contributed by atoms with van der Waals surface area (Å²) in [5.74, 6) is 0.237. The fraction of sp³-hybridized carbons (Fsp3) is 1.00. The Labute approximate surface area is 155 Å². The van der Waals surface area contributed by atoms with Gasteiger partial charge in [0, 0.05) is 26.2 Å². The molecule has 0 atom stereocenters. The Balaban J connectivity index is 2.70. The summed E-state index contributed by atoms with van der Waals surface area (Å²) in [6.07, 6.45) is 1.74. The van der Waals surface area contributed by atoms with E-state index in [4.69, 9.17) is 0 Å². The van der Waals surface area contributed by atoms with Gasteiger partial charge in [0.05, 0.1) is 11.5 Å². The first-order valence-electron chi connectivity index (χ1n) is 9.08. The van der Waals surface area contributed by atoms with Gasteiger partial charge in [-0.25, -0.2) is 25.4 Å². The molecule has 0 aromatic carbocycles. The van der Waals surface area contributed by atoms with E-state index in [1.165, 1.54) is 8.61 Å². The van der Waals surface area contributed by atoms with Gasteiger partial charge >= 0.3 is 0 Å². The molecule has 0 aromatic heterocycles. The summed E-state index contributed by atoms with van der Waals surface area (Å²) in [4.78, 5) is 0. The molecule has 150 valence electrons. The van der Waals surface area contributed by atoms with Crippen LogP contribution >= 0.6 is 0 Å². The molecule has 0 aliphatic carbocycles. The van der Waals surface area contributed by atoms with E-state index in [1.807, 2.05) is 41.5 Å². The molecule has 0 radical (unpaired) electrons. The fourth-order valence-electron chi connectivity index (χ4n) is 2.55. The SMILES string of the molecule is CC(C)(C)CCS(=O)(=O)N1CCCN(S(=O)(=O)CCC(C)(C)C)CC1. The summed E-state index contributed by atoms with van der Waals surface area (Å²) in [7, 11) is -6.66. The van der Waals surface area contributed by atoms with Gasteiger partial charge in [-0.2, -0.15) is 0 Å². The lowest BCUT2D eigenvalue weighted by Crippen LogP contribution is -2.39. The lowest BCUT2D eigenvalue weighted by atomic mass is 9.94. The minimum atomic E-state index is -3.33. The van der Waals surface area contributed by atoms with E-state index in [0.29, 0.717) is 32.4 Å². The van der Waals surface area contributed by atoms with Crippen molar-refractivity contribution >= 4 is 20.0 Å². The van der Waals surface area contributed by atoms with Crippen molar-refractivity contribution in [3.8, 4) is 0 Å². The zero-order valence-corrected chi connectivity index (χ0v) is 18.3. The second-order valence-electron chi connectivity index (χ2n) is 9.40. The highest BCUT2D eigenvalue weighted by molar-refractivity contribution is 7.89. The highest BCUT2D eigenvalue weighted by atomic mass is 32.2. The molecule has 1 fully saturated rings. The van der Waals surface area contributed by atoms with Crippen molar-refractivity contribution in [1.82, 2.24) is 8.61 Å². The molecule has 0 saturated carbocycles. The fourth-order valence-corrected chi connectivity index (χ4v) is 6.35. The Morgan fingerprint density at radius 3 is 1.24 bits per heavy atom. The first-order chi connectivity index (χ1) is 11.1. The first kappa shape index (κ1) is 22.9. The number of hydrogen-bond donors (Lipinski definition) is 0. The van der Waals surface area contributed by atoms with E-state index in [2.05, 4.69) is 0 Å². The quantitative estimate of drug-likeness (QED) is 0.691. The lowest BCUT2D eigenvalue weighted by molar-refractivity contribution is 0.374. The molecule has 0 spiro atoms. The van der Waals surface area contributed by atoms with Crippen LogP contribution in [0.15, 0.2) is 0 Å². The van der Waals surface area contributed by atoms with E-state index in [9.17, 15) is 16.8 Å². The summed E-state index contributed by atoms with van der Waals surface area (Å²) >= 11 is 0. The predicted octanol–water partition coefficient (Wildman–Crippen LogP) is 2.53. The van der Waals surface area contributed by atoms with Gasteiger partial charge in [-0.3, -0.25) is 0 Å². The first-order valence-corrected chi connectivity index (χ1v) is 12.3. The van der Waals surface area contributed by atoms with Gasteiger partial charge in [-0.15, -0.1) is 0 Å². The topological polar surface area (TPSA) is 74.8 Å². The third-order valence-corrected chi connectivity index (χ3v) is 8.16. The normalized spacial score (nSPS) is 19.8. The van der Waals surface area contributed by atoms with E-state index >= 15 is 0 Å². The van der Waals surface area contributed by atoms with Crippen LogP contribution in [0, 0.1) is 10.8 Å². The molecule has 0 aromatic rings. The molecule has 25 heavy (non-hydrogen) atoms. The Morgan fingerprint density at radius 2 is 0.960 bits per heavy atom. The summed E-state index contributed by atoms with van der Waals surface area (Å²) < 4.78 is 53.2. The molecule has 1 rings (SSSR count). The lowest BCUT2D eigenvalue weighted by Gasteiger charge is -2.25. The molecular formula is C17H36N2O4S2. The highest BCUT2D eigenvalue weighted by Gasteiger charge is 2.31. The van der Waals surface area contributed by atoms with Crippen molar-refractivity contribution in [1.29, 1.82) is 0 Å². The van der Waals surface area contributed by atoms with Crippen LogP contribution in [0.2, 0.25) is 0 Å². The molecule has 1 heterocycles. The third-order valence-electron chi connectivity index (χ3n) is 4.42. The summed E-state index contributed by atoms with van der Waals surface area (Å²) in [6, 6.07) is 0. The molecule has 6 nitrogen and oxygen atoms in total. The van der Waals surface area contributed by atoms with Gasteiger partial charge in [0.25, 0.3) is 0 Å². The number of hydrogen-bond acceptors (Lipinski definition) is 4. The molecule has 0 unspecified atom stereocenters. The minimum Gasteiger partial charge on any atom is -0.212 e. The van der Waals surface area contributed by atoms with Gasteiger partial charge in [0.1, 0.15) is 0 Å². The van der Waals surface area contributed by atoms with Crippen LogP contribution in [0.1, 0.15) is 60.8 Å². The molecule has 1 saturated heterocycles. The second kappa shape index (κ2) is 8.23. The van der Waals surface area contributed by atoms with Gasteiger partial charge in [-0.1, -0.05) is 41.5 Å².